The van der Waals surface area contributed by atoms with E-state index >= 15 is 0 Å². The molecule has 1 amide bonds. The number of carbonyl (C=O) groups excluding carboxylic acids is 2. The van der Waals surface area contributed by atoms with Crippen LogP contribution in [0.4, 0.5) is 0 Å². The molecule has 0 rings (SSSR count). The van der Waals surface area contributed by atoms with E-state index in [4.69, 9.17) is 4.74 Å². The molecule has 0 aromatic heterocycles. The van der Waals surface area contributed by atoms with Crippen LogP contribution in [0.5, 0.6) is 0 Å². The van der Waals surface area contributed by atoms with Crippen molar-refractivity contribution in [1.29, 1.82) is 0 Å². The van der Waals surface area contributed by atoms with E-state index in [1.54, 1.807) is 0 Å². The molecule has 0 atom stereocenters. The van der Waals surface area contributed by atoms with Gasteiger partial charge in [-0.15, -0.1) is 11.8 Å². The summed E-state index contributed by atoms with van der Waals surface area (Å²) in [7, 11) is 1.50. The van der Waals surface area contributed by atoms with E-state index in [9.17, 15) is 9.59 Å². The Kier molecular flexibility index (Phi) is 5.60. The normalized spacial score (nSPS) is 10.9. The zero-order chi connectivity index (χ0) is 11.2. The molecule has 0 fully saturated rings. The maximum atomic E-state index is 11.1. The molecule has 0 unspecified atom stereocenters. The average Bonchev–Trinajstić information content (AvgIpc) is 2.09. The predicted molar refractivity (Wildman–Crippen MR) is 57.2 cm³/mol. The number of rotatable bonds is 4. The lowest BCUT2D eigenvalue weighted by Crippen LogP contribution is -2.26. The summed E-state index contributed by atoms with van der Waals surface area (Å²) >= 11 is 1.49. The molecule has 0 bridgehead atoms. The fourth-order valence-corrected chi connectivity index (χ4v) is 1.17. The lowest BCUT2D eigenvalue weighted by atomic mass is 10.3. The Morgan fingerprint density at radius 2 is 1.93 bits per heavy atom. The third-order valence-corrected chi connectivity index (χ3v) is 2.51. The lowest BCUT2D eigenvalue weighted by molar-refractivity contribution is -0.145. The van der Waals surface area contributed by atoms with E-state index in [-0.39, 0.29) is 29.0 Å². The molecular formula is C9H17NO3S. The van der Waals surface area contributed by atoms with Crippen molar-refractivity contribution in [2.75, 3.05) is 19.4 Å². The maximum absolute atomic E-state index is 11.1. The van der Waals surface area contributed by atoms with Gasteiger partial charge in [-0.05, 0) is 0 Å². The molecule has 1 N–H and O–H groups in total. The molecule has 0 aliphatic heterocycles. The predicted octanol–water partition coefficient (Wildman–Crippen LogP) is 0.807. The SMILES string of the molecule is CNC(=O)COC(=O)CSC(C)(C)C. The van der Waals surface area contributed by atoms with Gasteiger partial charge in [-0.25, -0.2) is 0 Å². The average molecular weight is 219 g/mol. The quantitative estimate of drug-likeness (QED) is 0.711. The third-order valence-electron chi connectivity index (χ3n) is 1.27. The molecule has 0 saturated heterocycles. The van der Waals surface area contributed by atoms with Gasteiger partial charge in [0.2, 0.25) is 0 Å². The van der Waals surface area contributed by atoms with Gasteiger partial charge in [0, 0.05) is 11.8 Å². The third kappa shape index (κ3) is 7.91. The Bertz CT molecular complexity index is 211. The minimum absolute atomic E-state index is 0.0338. The molecule has 0 aromatic carbocycles. The van der Waals surface area contributed by atoms with Crippen LogP contribution in [0.3, 0.4) is 0 Å². The number of hydrogen-bond acceptors (Lipinski definition) is 4. The van der Waals surface area contributed by atoms with Crippen molar-refractivity contribution >= 4 is 23.6 Å². The van der Waals surface area contributed by atoms with Crippen LogP contribution >= 0.6 is 11.8 Å². The van der Waals surface area contributed by atoms with Crippen LogP contribution in [0, 0.1) is 0 Å². The van der Waals surface area contributed by atoms with Crippen LogP contribution in [0.15, 0.2) is 0 Å². The van der Waals surface area contributed by atoms with Crippen LogP contribution in [-0.4, -0.2) is 36.0 Å². The van der Waals surface area contributed by atoms with Crippen LogP contribution in [0.2, 0.25) is 0 Å². The van der Waals surface area contributed by atoms with E-state index in [1.807, 2.05) is 20.8 Å². The fraction of sp³-hybridized carbons (Fsp3) is 0.778. The Morgan fingerprint density at radius 3 is 2.36 bits per heavy atom. The minimum Gasteiger partial charge on any atom is -0.455 e. The van der Waals surface area contributed by atoms with Gasteiger partial charge in [-0.1, -0.05) is 20.8 Å². The highest BCUT2D eigenvalue weighted by Crippen LogP contribution is 2.22. The summed E-state index contributed by atoms with van der Waals surface area (Å²) in [6, 6.07) is 0. The van der Waals surface area contributed by atoms with Crippen molar-refractivity contribution < 1.29 is 14.3 Å². The number of likely N-dealkylation sites (N-methyl/N-ethyl adjacent to an activating group) is 1. The smallest absolute Gasteiger partial charge is 0.316 e. The number of nitrogens with one attached hydrogen (secondary N) is 1. The van der Waals surface area contributed by atoms with Gasteiger partial charge < -0.3 is 10.1 Å². The van der Waals surface area contributed by atoms with Gasteiger partial charge >= 0.3 is 5.97 Å². The monoisotopic (exact) mass is 219 g/mol. The molecule has 0 aromatic rings. The molecule has 0 aliphatic carbocycles. The number of ether oxygens (including phenoxy) is 1. The van der Waals surface area contributed by atoms with E-state index < -0.39 is 0 Å². The Morgan fingerprint density at radius 1 is 1.36 bits per heavy atom. The number of hydrogen-bond donors (Lipinski definition) is 1. The second-order valence-electron chi connectivity index (χ2n) is 3.73. The Balaban J connectivity index is 3.62. The summed E-state index contributed by atoms with van der Waals surface area (Å²) in [6.45, 7) is 5.86. The Hall–Kier alpha value is -0.710. The summed E-state index contributed by atoms with van der Waals surface area (Å²) in [5, 5.41) is 2.37. The summed E-state index contributed by atoms with van der Waals surface area (Å²) < 4.78 is 4.75. The van der Waals surface area contributed by atoms with Gasteiger partial charge in [0.15, 0.2) is 6.61 Å². The van der Waals surface area contributed by atoms with Crippen molar-refractivity contribution in [3.63, 3.8) is 0 Å². The second-order valence-corrected chi connectivity index (χ2v) is 5.54. The molecule has 0 radical (unpaired) electrons. The first kappa shape index (κ1) is 13.3. The van der Waals surface area contributed by atoms with Crippen LogP contribution < -0.4 is 5.32 Å². The van der Waals surface area contributed by atoms with Crippen molar-refractivity contribution in [1.82, 2.24) is 5.32 Å². The summed E-state index contributed by atoms with van der Waals surface area (Å²) in [6.07, 6.45) is 0. The van der Waals surface area contributed by atoms with Crippen molar-refractivity contribution in [3.8, 4) is 0 Å². The second kappa shape index (κ2) is 5.90. The first-order valence-electron chi connectivity index (χ1n) is 4.35. The fourth-order valence-electron chi connectivity index (χ4n) is 0.535. The van der Waals surface area contributed by atoms with E-state index in [0.717, 1.165) is 0 Å². The van der Waals surface area contributed by atoms with Gasteiger partial charge in [0.1, 0.15) is 0 Å². The number of esters is 1. The molecule has 82 valence electrons. The summed E-state index contributed by atoms with van der Waals surface area (Å²) in [4.78, 5) is 21.8. The first-order chi connectivity index (χ1) is 6.35. The van der Waals surface area contributed by atoms with Gasteiger partial charge in [0.25, 0.3) is 5.91 Å². The lowest BCUT2D eigenvalue weighted by Gasteiger charge is -2.16. The van der Waals surface area contributed by atoms with Gasteiger partial charge in [-0.2, -0.15) is 0 Å². The highest BCUT2D eigenvalue weighted by Gasteiger charge is 2.14. The molecule has 0 heterocycles. The maximum Gasteiger partial charge on any atom is 0.316 e. The molecule has 0 aliphatic rings. The van der Waals surface area contributed by atoms with Crippen molar-refractivity contribution in [3.05, 3.63) is 0 Å². The standard InChI is InChI=1S/C9H17NO3S/c1-9(2,3)14-6-8(12)13-5-7(11)10-4/h5-6H2,1-4H3,(H,10,11). The molecule has 14 heavy (non-hydrogen) atoms. The Labute approximate surface area is 88.8 Å². The highest BCUT2D eigenvalue weighted by molar-refractivity contribution is 8.01. The van der Waals surface area contributed by atoms with E-state index in [1.165, 1.54) is 18.8 Å². The molecule has 4 nitrogen and oxygen atoms in total. The summed E-state index contributed by atoms with van der Waals surface area (Å²) in [5.74, 6) is -0.367. The van der Waals surface area contributed by atoms with E-state index in [2.05, 4.69) is 5.32 Å². The molecule has 0 saturated carbocycles. The van der Waals surface area contributed by atoms with Gasteiger partial charge in [0.05, 0.1) is 5.75 Å². The molecular weight excluding hydrogens is 202 g/mol. The number of carbonyl (C=O) groups is 2. The van der Waals surface area contributed by atoms with Crippen LogP contribution in [0.1, 0.15) is 20.8 Å². The zero-order valence-electron chi connectivity index (χ0n) is 9.05. The highest BCUT2D eigenvalue weighted by atomic mass is 32.2. The van der Waals surface area contributed by atoms with Gasteiger partial charge in [-0.3, -0.25) is 9.59 Å². The first-order valence-corrected chi connectivity index (χ1v) is 5.34. The number of amides is 1. The molecule has 0 spiro atoms. The summed E-state index contributed by atoms with van der Waals surface area (Å²) in [5.41, 5.74) is 0. The topological polar surface area (TPSA) is 55.4 Å². The van der Waals surface area contributed by atoms with Crippen molar-refractivity contribution in [2.45, 2.75) is 25.5 Å². The van der Waals surface area contributed by atoms with Crippen molar-refractivity contribution in [2.24, 2.45) is 0 Å². The molecule has 5 heteroatoms. The number of thioether (sulfide) groups is 1. The van der Waals surface area contributed by atoms with Crippen LogP contribution in [0.25, 0.3) is 0 Å². The zero-order valence-corrected chi connectivity index (χ0v) is 9.86. The largest absolute Gasteiger partial charge is 0.455 e. The van der Waals surface area contributed by atoms with Crippen LogP contribution in [-0.2, 0) is 14.3 Å². The minimum atomic E-state index is -0.353. The van der Waals surface area contributed by atoms with E-state index in [0.29, 0.717) is 0 Å².